The van der Waals surface area contributed by atoms with Crippen molar-refractivity contribution in [3.63, 3.8) is 0 Å². The van der Waals surface area contributed by atoms with Crippen molar-refractivity contribution in [2.45, 2.75) is 6.54 Å². The molecule has 0 bridgehead atoms. The highest BCUT2D eigenvalue weighted by molar-refractivity contribution is 9.10. The number of aromatic nitrogens is 2. The van der Waals surface area contributed by atoms with Crippen LogP contribution in [0.1, 0.15) is 15.9 Å². The van der Waals surface area contributed by atoms with E-state index >= 15 is 0 Å². The molecular formula is C25H24BrN3O7. The number of carbonyl (C=O) groups is 1. The highest BCUT2D eigenvalue weighted by Gasteiger charge is 2.19. The van der Waals surface area contributed by atoms with Gasteiger partial charge in [0.25, 0.3) is 5.91 Å². The number of nitrogens with zero attached hydrogens (tertiary/aromatic N) is 1. The van der Waals surface area contributed by atoms with Crippen molar-refractivity contribution >= 4 is 38.6 Å². The third-order valence-corrected chi connectivity index (χ3v) is 6.20. The average molecular weight is 558 g/mol. The van der Waals surface area contributed by atoms with Crippen molar-refractivity contribution in [2.75, 3.05) is 26.6 Å². The minimum absolute atomic E-state index is 0. The summed E-state index contributed by atoms with van der Waals surface area (Å²) in [6.45, 7) is 0.356. The Morgan fingerprint density at radius 2 is 1.67 bits per heavy atom. The molecule has 188 valence electrons. The van der Waals surface area contributed by atoms with E-state index in [9.17, 15) is 14.4 Å². The number of pyridine rings is 2. The van der Waals surface area contributed by atoms with Crippen molar-refractivity contribution in [3.8, 4) is 17.2 Å². The number of amides is 1. The fraction of sp³-hybridized carbons (Fsp3) is 0.160. The smallest absolute Gasteiger partial charge is 0.261 e. The number of benzene rings is 2. The lowest BCUT2D eigenvalue weighted by Gasteiger charge is -2.16. The van der Waals surface area contributed by atoms with Crippen LogP contribution in [0.3, 0.4) is 0 Å². The highest BCUT2D eigenvalue weighted by atomic mass is 79.9. The molecule has 0 aliphatic carbocycles. The summed E-state index contributed by atoms with van der Waals surface area (Å²) in [5.41, 5.74) is 0.634. The van der Waals surface area contributed by atoms with Crippen molar-refractivity contribution < 1.29 is 24.5 Å². The fourth-order valence-corrected chi connectivity index (χ4v) is 4.16. The molecule has 4 rings (SSSR count). The molecule has 0 radical (unpaired) electrons. The number of fused-ring (bicyclic) bond motifs is 1. The van der Waals surface area contributed by atoms with E-state index in [2.05, 4.69) is 26.2 Å². The molecule has 0 saturated heterocycles. The van der Waals surface area contributed by atoms with E-state index in [1.165, 1.54) is 33.6 Å². The van der Waals surface area contributed by atoms with E-state index in [1.54, 1.807) is 22.8 Å². The van der Waals surface area contributed by atoms with Gasteiger partial charge >= 0.3 is 0 Å². The number of ether oxygens (including phenoxy) is 3. The highest BCUT2D eigenvalue weighted by Crippen LogP contribution is 2.40. The molecule has 0 unspecified atom stereocenters. The quantitative estimate of drug-likeness (QED) is 0.357. The maximum Gasteiger partial charge on any atom is 0.261 e. The molecule has 0 saturated carbocycles. The van der Waals surface area contributed by atoms with E-state index in [1.807, 2.05) is 24.3 Å². The average Bonchev–Trinajstić information content (AvgIpc) is 2.86. The van der Waals surface area contributed by atoms with Crippen LogP contribution in [-0.4, -0.2) is 42.3 Å². The Morgan fingerprint density at radius 3 is 2.28 bits per heavy atom. The summed E-state index contributed by atoms with van der Waals surface area (Å²) in [6, 6.07) is 13.6. The summed E-state index contributed by atoms with van der Waals surface area (Å²) in [5.74, 6) is 0.400. The van der Waals surface area contributed by atoms with Gasteiger partial charge in [-0.1, -0.05) is 34.1 Å². The van der Waals surface area contributed by atoms with Crippen LogP contribution >= 0.6 is 15.9 Å². The lowest BCUT2D eigenvalue weighted by atomic mass is 10.1. The second-order valence-corrected chi connectivity index (χ2v) is 8.40. The van der Waals surface area contributed by atoms with E-state index < -0.39 is 16.9 Å². The number of H-pyrrole nitrogens is 1. The van der Waals surface area contributed by atoms with E-state index in [0.717, 1.165) is 10.0 Å². The molecule has 0 aliphatic heterocycles. The van der Waals surface area contributed by atoms with Crippen LogP contribution in [0.4, 0.5) is 5.69 Å². The van der Waals surface area contributed by atoms with Gasteiger partial charge in [0.15, 0.2) is 11.5 Å². The van der Waals surface area contributed by atoms with Crippen LogP contribution in [-0.2, 0) is 6.54 Å². The monoisotopic (exact) mass is 557 g/mol. The first-order chi connectivity index (χ1) is 16.9. The first-order valence-electron chi connectivity index (χ1n) is 10.5. The Kier molecular flexibility index (Phi) is 8.18. The Hall–Kier alpha value is -4.09. The minimum Gasteiger partial charge on any atom is -0.493 e. The van der Waals surface area contributed by atoms with Gasteiger partial charge in [-0.25, -0.2) is 0 Å². The van der Waals surface area contributed by atoms with Crippen molar-refractivity contribution in [2.24, 2.45) is 0 Å². The summed E-state index contributed by atoms with van der Waals surface area (Å²) < 4.78 is 18.6. The number of anilines is 1. The van der Waals surface area contributed by atoms with E-state index in [4.69, 9.17) is 14.2 Å². The topological polar surface area (TPSA) is 143 Å². The molecule has 4 aromatic rings. The molecule has 2 aromatic carbocycles. The van der Waals surface area contributed by atoms with Crippen LogP contribution in [0, 0.1) is 0 Å². The van der Waals surface area contributed by atoms with E-state index in [0.29, 0.717) is 35.0 Å². The summed E-state index contributed by atoms with van der Waals surface area (Å²) in [7, 11) is 4.40. The van der Waals surface area contributed by atoms with Crippen LogP contribution in [0.25, 0.3) is 11.0 Å². The van der Waals surface area contributed by atoms with Gasteiger partial charge in [0.2, 0.25) is 16.7 Å². The largest absolute Gasteiger partial charge is 0.493 e. The molecule has 2 heterocycles. The van der Waals surface area contributed by atoms with Gasteiger partial charge in [0, 0.05) is 41.1 Å². The first-order valence-corrected chi connectivity index (χ1v) is 11.3. The van der Waals surface area contributed by atoms with Gasteiger partial charge in [0.05, 0.1) is 26.8 Å². The van der Waals surface area contributed by atoms with Crippen LogP contribution in [0.15, 0.2) is 68.8 Å². The zero-order valence-electron chi connectivity index (χ0n) is 19.7. The Bertz CT molecular complexity index is 1520. The number of rotatable bonds is 7. The number of carbonyl (C=O) groups excluding carboxylic acids is 1. The van der Waals surface area contributed by atoms with Gasteiger partial charge < -0.3 is 34.6 Å². The van der Waals surface area contributed by atoms with Crippen molar-refractivity contribution in [3.05, 3.63) is 90.9 Å². The predicted octanol–water partition coefficient (Wildman–Crippen LogP) is 2.95. The second kappa shape index (κ2) is 11.1. The standard InChI is InChI=1S/C25H22BrN3O6.H2O/c1-33-19-10-15(11-20(34-2)24(19)35-3)27-25(32)16-13-29(12-14-6-4-5-7-17(14)26)18-8-9-21(30)28-22(18)23(16)31;/h4-11,13H,12H2,1-3H3,(H,27,32)(H,28,30);1H2. The maximum absolute atomic E-state index is 13.3. The molecular weight excluding hydrogens is 534 g/mol. The third-order valence-electron chi connectivity index (χ3n) is 5.43. The molecule has 0 aliphatic rings. The van der Waals surface area contributed by atoms with E-state index in [-0.39, 0.29) is 16.6 Å². The Morgan fingerprint density at radius 1 is 1.00 bits per heavy atom. The van der Waals surface area contributed by atoms with Gasteiger partial charge in [0.1, 0.15) is 11.1 Å². The number of aromatic amines is 1. The predicted molar refractivity (Wildman–Crippen MR) is 140 cm³/mol. The minimum atomic E-state index is -0.656. The summed E-state index contributed by atoms with van der Waals surface area (Å²) in [6.07, 6.45) is 1.48. The number of hydrogen-bond donors (Lipinski definition) is 2. The molecule has 11 heteroatoms. The van der Waals surface area contributed by atoms with Crippen LogP contribution in [0.5, 0.6) is 17.2 Å². The zero-order valence-corrected chi connectivity index (χ0v) is 21.3. The molecule has 0 spiro atoms. The SMILES string of the molecule is COc1cc(NC(=O)c2cn(Cc3ccccc3Br)c3ccc(=O)[nH]c3c2=O)cc(OC)c1OC.O. The normalized spacial score (nSPS) is 10.4. The van der Waals surface area contributed by atoms with Crippen molar-refractivity contribution in [1.29, 1.82) is 0 Å². The Balaban J connectivity index is 0.00000361. The molecule has 4 N–H and O–H groups in total. The molecule has 10 nitrogen and oxygen atoms in total. The third kappa shape index (κ3) is 5.11. The number of halogens is 1. The fourth-order valence-electron chi connectivity index (χ4n) is 3.75. The first kappa shape index (κ1) is 26.5. The Labute approximate surface area is 213 Å². The van der Waals surface area contributed by atoms with Crippen LogP contribution < -0.4 is 30.5 Å². The van der Waals surface area contributed by atoms with Gasteiger partial charge in [-0.15, -0.1) is 0 Å². The van der Waals surface area contributed by atoms with Crippen LogP contribution in [0.2, 0.25) is 0 Å². The second-order valence-electron chi connectivity index (χ2n) is 7.54. The van der Waals surface area contributed by atoms with Gasteiger partial charge in [-0.3, -0.25) is 14.4 Å². The van der Waals surface area contributed by atoms with Crippen molar-refractivity contribution in [1.82, 2.24) is 9.55 Å². The molecule has 36 heavy (non-hydrogen) atoms. The molecule has 0 fully saturated rings. The number of hydrogen-bond acceptors (Lipinski definition) is 6. The summed E-state index contributed by atoms with van der Waals surface area (Å²) >= 11 is 3.53. The maximum atomic E-state index is 13.3. The van der Waals surface area contributed by atoms with Gasteiger partial charge in [-0.2, -0.15) is 0 Å². The molecule has 1 amide bonds. The number of nitrogens with one attached hydrogen (secondary N) is 2. The molecule has 0 atom stereocenters. The lowest BCUT2D eigenvalue weighted by molar-refractivity contribution is 0.102. The number of methoxy groups -OCH3 is 3. The molecule has 2 aromatic heterocycles. The lowest BCUT2D eigenvalue weighted by Crippen LogP contribution is -2.26. The van der Waals surface area contributed by atoms with Gasteiger partial charge in [-0.05, 0) is 17.7 Å². The summed E-state index contributed by atoms with van der Waals surface area (Å²) in [5, 5.41) is 2.71. The summed E-state index contributed by atoms with van der Waals surface area (Å²) in [4.78, 5) is 41.0. The zero-order chi connectivity index (χ0) is 25.1.